The lowest BCUT2D eigenvalue weighted by Crippen LogP contribution is -2.34. The van der Waals surface area contributed by atoms with Crippen LogP contribution in [-0.2, 0) is 11.2 Å². The maximum Gasteiger partial charge on any atom is 0.337 e. The largest absolute Gasteiger partial charge is 0.465 e. The standard InChI is InChI=1S/C19H19N3O2/c1-12-8-16-17(11-15(12)20-2)22(3)18(21-16)10-13-6-5-7-14(9-13)19(23)24-4/h5-9,11,18,21H,10H2,1,3-4H3. The fraction of sp³-hybridized carbons (Fsp3) is 0.263. The molecule has 5 heteroatoms. The van der Waals surface area contributed by atoms with Crippen LogP contribution in [0, 0.1) is 13.5 Å². The van der Waals surface area contributed by atoms with Crippen LogP contribution in [-0.4, -0.2) is 26.3 Å². The summed E-state index contributed by atoms with van der Waals surface area (Å²) in [7, 11) is 3.39. The van der Waals surface area contributed by atoms with Gasteiger partial charge in [-0.3, -0.25) is 0 Å². The SMILES string of the molecule is [C-]#[N+]c1cc2c(cc1C)NC(Cc1cccc(C(=O)OC)c1)N2C. The number of anilines is 2. The van der Waals surface area contributed by atoms with Crippen molar-refractivity contribution in [2.24, 2.45) is 0 Å². The summed E-state index contributed by atoms with van der Waals surface area (Å²) in [5.74, 6) is -0.329. The van der Waals surface area contributed by atoms with E-state index in [4.69, 9.17) is 11.3 Å². The molecule has 1 N–H and O–H groups in total. The van der Waals surface area contributed by atoms with E-state index in [9.17, 15) is 4.79 Å². The number of nitrogens with zero attached hydrogens (tertiary/aromatic N) is 2. The molecule has 0 aliphatic carbocycles. The van der Waals surface area contributed by atoms with Gasteiger partial charge < -0.3 is 15.0 Å². The maximum atomic E-state index is 11.7. The van der Waals surface area contributed by atoms with Gasteiger partial charge in [-0.2, -0.15) is 0 Å². The normalized spacial score (nSPS) is 15.4. The van der Waals surface area contributed by atoms with Crippen molar-refractivity contribution < 1.29 is 9.53 Å². The van der Waals surface area contributed by atoms with Gasteiger partial charge >= 0.3 is 5.97 Å². The molecule has 0 aromatic heterocycles. The number of likely N-dealkylation sites (N-methyl/N-ethyl adjacent to an activating group) is 1. The van der Waals surface area contributed by atoms with Crippen LogP contribution in [0.25, 0.3) is 4.85 Å². The minimum absolute atomic E-state index is 0.0771. The van der Waals surface area contributed by atoms with Gasteiger partial charge in [-0.15, -0.1) is 0 Å². The Kier molecular flexibility index (Phi) is 4.13. The van der Waals surface area contributed by atoms with E-state index in [2.05, 4.69) is 15.1 Å². The summed E-state index contributed by atoms with van der Waals surface area (Å²) in [6.45, 7) is 9.21. The van der Waals surface area contributed by atoms with Crippen molar-refractivity contribution in [1.82, 2.24) is 0 Å². The molecule has 1 heterocycles. The highest BCUT2D eigenvalue weighted by Gasteiger charge is 2.26. The molecular formula is C19H19N3O2. The Hall–Kier alpha value is -3.00. The van der Waals surface area contributed by atoms with Gasteiger partial charge in [-0.05, 0) is 42.3 Å². The third kappa shape index (κ3) is 2.79. The van der Waals surface area contributed by atoms with E-state index in [1.807, 2.05) is 44.3 Å². The molecule has 2 aromatic rings. The Morgan fingerprint density at radius 2 is 2.17 bits per heavy atom. The number of carbonyl (C=O) groups excluding carboxylic acids is 1. The van der Waals surface area contributed by atoms with E-state index in [1.54, 1.807) is 6.07 Å². The Labute approximate surface area is 141 Å². The molecule has 1 aliphatic heterocycles. The van der Waals surface area contributed by atoms with Crippen molar-refractivity contribution in [2.75, 3.05) is 24.4 Å². The van der Waals surface area contributed by atoms with Crippen LogP contribution in [0.15, 0.2) is 36.4 Å². The molecular weight excluding hydrogens is 302 g/mol. The quantitative estimate of drug-likeness (QED) is 0.690. The average Bonchev–Trinajstić information content (AvgIpc) is 2.88. The first-order valence-corrected chi connectivity index (χ1v) is 7.72. The number of fused-ring (bicyclic) bond motifs is 1. The Morgan fingerprint density at radius 3 is 2.88 bits per heavy atom. The summed E-state index contributed by atoms with van der Waals surface area (Å²) < 4.78 is 4.78. The predicted molar refractivity (Wildman–Crippen MR) is 94.7 cm³/mol. The lowest BCUT2D eigenvalue weighted by molar-refractivity contribution is 0.0600. The summed E-state index contributed by atoms with van der Waals surface area (Å²) in [4.78, 5) is 17.4. The van der Waals surface area contributed by atoms with Crippen LogP contribution in [0.2, 0.25) is 0 Å². The number of aryl methyl sites for hydroxylation is 1. The van der Waals surface area contributed by atoms with Gasteiger partial charge in [-0.1, -0.05) is 12.1 Å². The van der Waals surface area contributed by atoms with Crippen molar-refractivity contribution in [1.29, 1.82) is 0 Å². The molecule has 5 nitrogen and oxygen atoms in total. The molecule has 1 atom stereocenters. The number of hydrogen-bond acceptors (Lipinski definition) is 4. The van der Waals surface area contributed by atoms with Crippen LogP contribution in [0.3, 0.4) is 0 Å². The summed E-state index contributed by atoms with van der Waals surface area (Å²) in [6, 6.07) is 11.4. The fourth-order valence-electron chi connectivity index (χ4n) is 3.01. The second-order valence-corrected chi connectivity index (χ2v) is 5.93. The summed E-state index contributed by atoms with van der Waals surface area (Å²) >= 11 is 0. The molecule has 0 spiro atoms. The summed E-state index contributed by atoms with van der Waals surface area (Å²) in [5.41, 5.74) is 5.32. The zero-order valence-corrected chi connectivity index (χ0v) is 14.0. The number of rotatable bonds is 3. The van der Waals surface area contributed by atoms with Crippen LogP contribution in [0.4, 0.5) is 17.1 Å². The van der Waals surface area contributed by atoms with E-state index in [-0.39, 0.29) is 12.1 Å². The molecule has 122 valence electrons. The van der Waals surface area contributed by atoms with E-state index in [0.717, 1.165) is 28.9 Å². The van der Waals surface area contributed by atoms with Gasteiger partial charge in [-0.25, -0.2) is 9.64 Å². The molecule has 1 unspecified atom stereocenters. The monoisotopic (exact) mass is 321 g/mol. The molecule has 0 radical (unpaired) electrons. The number of ether oxygens (including phenoxy) is 1. The van der Waals surface area contributed by atoms with Gasteiger partial charge in [0.25, 0.3) is 0 Å². The van der Waals surface area contributed by atoms with Crippen molar-refractivity contribution in [3.05, 3.63) is 64.5 Å². The minimum atomic E-state index is -0.329. The Morgan fingerprint density at radius 1 is 1.38 bits per heavy atom. The number of methoxy groups -OCH3 is 1. The topological polar surface area (TPSA) is 45.9 Å². The Balaban J connectivity index is 1.83. The van der Waals surface area contributed by atoms with Crippen LogP contribution >= 0.6 is 0 Å². The molecule has 1 aliphatic rings. The fourth-order valence-corrected chi connectivity index (χ4v) is 3.01. The second-order valence-electron chi connectivity index (χ2n) is 5.93. The van der Waals surface area contributed by atoms with Crippen molar-refractivity contribution >= 4 is 23.0 Å². The predicted octanol–water partition coefficient (Wildman–Crippen LogP) is 3.76. The minimum Gasteiger partial charge on any atom is -0.465 e. The lowest BCUT2D eigenvalue weighted by Gasteiger charge is -2.22. The highest BCUT2D eigenvalue weighted by molar-refractivity contribution is 5.89. The number of carbonyl (C=O) groups is 1. The number of hydrogen-bond donors (Lipinski definition) is 1. The summed E-state index contributed by atoms with van der Waals surface area (Å²) in [5, 5.41) is 3.49. The molecule has 0 saturated carbocycles. The number of benzene rings is 2. The third-order valence-corrected chi connectivity index (χ3v) is 4.38. The molecule has 24 heavy (non-hydrogen) atoms. The van der Waals surface area contributed by atoms with Crippen molar-refractivity contribution in [3.8, 4) is 0 Å². The highest BCUT2D eigenvalue weighted by Crippen LogP contribution is 2.39. The highest BCUT2D eigenvalue weighted by atomic mass is 16.5. The van der Waals surface area contributed by atoms with E-state index >= 15 is 0 Å². The smallest absolute Gasteiger partial charge is 0.337 e. The van der Waals surface area contributed by atoms with Gasteiger partial charge in [0.15, 0.2) is 5.69 Å². The second kappa shape index (κ2) is 6.25. The first kappa shape index (κ1) is 15.9. The third-order valence-electron chi connectivity index (χ3n) is 4.38. The van der Waals surface area contributed by atoms with Crippen molar-refractivity contribution in [2.45, 2.75) is 19.5 Å². The molecule has 0 saturated heterocycles. The van der Waals surface area contributed by atoms with Gasteiger partial charge in [0.1, 0.15) is 6.17 Å². The van der Waals surface area contributed by atoms with Crippen LogP contribution in [0.1, 0.15) is 21.5 Å². The lowest BCUT2D eigenvalue weighted by atomic mass is 10.1. The molecule has 0 amide bonds. The van der Waals surface area contributed by atoms with Crippen molar-refractivity contribution in [3.63, 3.8) is 0 Å². The number of esters is 1. The maximum absolute atomic E-state index is 11.7. The summed E-state index contributed by atoms with van der Waals surface area (Å²) in [6.07, 6.45) is 0.816. The van der Waals surface area contributed by atoms with E-state index in [0.29, 0.717) is 11.3 Å². The molecule has 0 fully saturated rings. The zero-order valence-electron chi connectivity index (χ0n) is 14.0. The Bertz CT molecular complexity index is 839. The number of nitrogens with one attached hydrogen (secondary N) is 1. The van der Waals surface area contributed by atoms with Gasteiger partial charge in [0.05, 0.1) is 30.6 Å². The molecule has 3 rings (SSSR count). The van der Waals surface area contributed by atoms with Crippen LogP contribution < -0.4 is 10.2 Å². The van der Waals surface area contributed by atoms with E-state index < -0.39 is 0 Å². The first-order valence-electron chi connectivity index (χ1n) is 7.72. The molecule has 0 bridgehead atoms. The first-order chi connectivity index (χ1) is 11.5. The zero-order chi connectivity index (χ0) is 17.3. The van der Waals surface area contributed by atoms with E-state index in [1.165, 1.54) is 7.11 Å². The van der Waals surface area contributed by atoms with Gasteiger partial charge in [0.2, 0.25) is 0 Å². The average molecular weight is 321 g/mol. The van der Waals surface area contributed by atoms with Gasteiger partial charge in [0, 0.05) is 13.5 Å². The van der Waals surface area contributed by atoms with Crippen LogP contribution in [0.5, 0.6) is 0 Å². The molecule has 2 aromatic carbocycles.